The van der Waals surface area contributed by atoms with Crippen molar-refractivity contribution in [2.75, 3.05) is 5.32 Å². The van der Waals surface area contributed by atoms with Gasteiger partial charge >= 0.3 is 0 Å². The number of nitrogens with one attached hydrogen (secondary N) is 1. The van der Waals surface area contributed by atoms with Gasteiger partial charge in [-0.1, -0.05) is 57.3 Å². The number of hydrogen-bond donors (Lipinski definition) is 1. The van der Waals surface area contributed by atoms with Crippen LogP contribution < -0.4 is 10.1 Å². The van der Waals surface area contributed by atoms with Crippen LogP contribution in [0, 0.1) is 11.3 Å². The number of nitriles is 1. The van der Waals surface area contributed by atoms with Gasteiger partial charge in [0.1, 0.15) is 24.0 Å². The van der Waals surface area contributed by atoms with Crippen LogP contribution in [0.15, 0.2) is 75.2 Å². The van der Waals surface area contributed by atoms with E-state index in [0.717, 1.165) is 10.0 Å². The second-order valence-electron chi connectivity index (χ2n) is 6.36. The number of halogens is 4. The van der Waals surface area contributed by atoms with E-state index in [1.807, 2.05) is 24.3 Å². The highest BCUT2D eigenvalue weighted by Gasteiger charge is 2.14. The molecule has 8 heteroatoms. The SMILES string of the molecule is N#C/C(=C\c1cc(Br)cc(Br)c1OCc1ccc(Cl)cc1)C(=O)Nc1cccc(Cl)c1. The molecule has 0 aliphatic carbocycles. The first-order valence-electron chi connectivity index (χ1n) is 8.90. The summed E-state index contributed by atoms with van der Waals surface area (Å²) < 4.78 is 7.43. The topological polar surface area (TPSA) is 62.1 Å². The van der Waals surface area contributed by atoms with Crippen molar-refractivity contribution < 1.29 is 9.53 Å². The van der Waals surface area contributed by atoms with Crippen LogP contribution in [-0.2, 0) is 11.4 Å². The molecule has 31 heavy (non-hydrogen) atoms. The van der Waals surface area contributed by atoms with Gasteiger partial charge in [-0.2, -0.15) is 5.26 Å². The van der Waals surface area contributed by atoms with E-state index in [9.17, 15) is 10.1 Å². The Balaban J connectivity index is 1.88. The molecule has 0 spiro atoms. The second kappa shape index (κ2) is 10.8. The third-order valence-electron chi connectivity index (χ3n) is 4.08. The lowest BCUT2D eigenvalue weighted by Gasteiger charge is -2.13. The number of rotatable bonds is 6. The molecule has 3 aromatic carbocycles. The van der Waals surface area contributed by atoms with Crippen LogP contribution >= 0.6 is 55.1 Å². The fourth-order valence-corrected chi connectivity index (χ4v) is 4.33. The molecule has 1 N–H and O–H groups in total. The van der Waals surface area contributed by atoms with Crippen molar-refractivity contribution in [3.63, 3.8) is 0 Å². The zero-order valence-electron chi connectivity index (χ0n) is 15.8. The summed E-state index contributed by atoms with van der Waals surface area (Å²) in [6, 6.07) is 19.5. The van der Waals surface area contributed by atoms with Crippen molar-refractivity contribution in [2.45, 2.75) is 6.61 Å². The summed E-state index contributed by atoms with van der Waals surface area (Å²) >= 11 is 18.8. The molecule has 0 atom stereocenters. The molecule has 0 aromatic heterocycles. The van der Waals surface area contributed by atoms with E-state index in [2.05, 4.69) is 37.2 Å². The van der Waals surface area contributed by atoms with E-state index < -0.39 is 5.91 Å². The van der Waals surface area contributed by atoms with Gasteiger partial charge in [0.05, 0.1) is 4.47 Å². The zero-order chi connectivity index (χ0) is 22.4. The zero-order valence-corrected chi connectivity index (χ0v) is 20.5. The first-order chi connectivity index (χ1) is 14.9. The molecule has 0 unspecified atom stereocenters. The third-order valence-corrected chi connectivity index (χ3v) is 5.61. The number of carbonyl (C=O) groups excluding carboxylic acids is 1. The Morgan fingerprint density at radius 3 is 2.48 bits per heavy atom. The number of benzene rings is 3. The Labute approximate surface area is 206 Å². The number of anilines is 1. The van der Waals surface area contributed by atoms with Gasteiger partial charge in [-0.3, -0.25) is 4.79 Å². The fourth-order valence-electron chi connectivity index (χ4n) is 2.64. The Kier molecular flexibility index (Phi) is 8.16. The van der Waals surface area contributed by atoms with E-state index in [1.165, 1.54) is 6.08 Å². The number of amides is 1. The van der Waals surface area contributed by atoms with Gasteiger partial charge in [0.25, 0.3) is 5.91 Å². The van der Waals surface area contributed by atoms with Gasteiger partial charge in [-0.05, 0) is 70.0 Å². The molecule has 0 bridgehead atoms. The van der Waals surface area contributed by atoms with Gasteiger partial charge in [0.15, 0.2) is 0 Å². The monoisotopic (exact) mass is 578 g/mol. The van der Waals surface area contributed by atoms with Crippen molar-refractivity contribution >= 4 is 72.7 Å². The molecule has 3 rings (SSSR count). The van der Waals surface area contributed by atoms with E-state index in [0.29, 0.717) is 31.5 Å². The van der Waals surface area contributed by atoms with Crippen LogP contribution in [0.25, 0.3) is 6.08 Å². The maximum Gasteiger partial charge on any atom is 0.266 e. The van der Waals surface area contributed by atoms with Crippen LogP contribution in [0.5, 0.6) is 5.75 Å². The third kappa shape index (κ3) is 6.59. The summed E-state index contributed by atoms with van der Waals surface area (Å²) in [5, 5.41) is 13.4. The van der Waals surface area contributed by atoms with Gasteiger partial charge in [-0.25, -0.2) is 0 Å². The van der Waals surface area contributed by atoms with E-state index in [4.69, 9.17) is 27.9 Å². The standard InChI is InChI=1S/C23H14Br2Cl2N2O2/c24-17-9-15(8-16(12-28)23(30)29-20-3-1-2-19(27)11-20)22(21(25)10-17)31-13-14-4-6-18(26)7-5-14/h1-11H,13H2,(H,29,30)/b16-8+. The van der Waals surface area contributed by atoms with Crippen molar-refractivity contribution in [1.29, 1.82) is 5.26 Å². The molecule has 0 aliphatic heterocycles. The number of nitrogens with zero attached hydrogens (tertiary/aromatic N) is 1. The minimum Gasteiger partial charge on any atom is -0.487 e. The second-order valence-corrected chi connectivity index (χ2v) is 9.00. The lowest BCUT2D eigenvalue weighted by molar-refractivity contribution is -0.112. The smallest absolute Gasteiger partial charge is 0.266 e. The summed E-state index contributed by atoms with van der Waals surface area (Å²) in [5.74, 6) is -0.0500. The number of carbonyl (C=O) groups is 1. The highest BCUT2D eigenvalue weighted by atomic mass is 79.9. The Bertz CT molecular complexity index is 1190. The average Bonchev–Trinajstić information content (AvgIpc) is 2.72. The lowest BCUT2D eigenvalue weighted by Crippen LogP contribution is -2.13. The number of hydrogen-bond acceptors (Lipinski definition) is 3. The highest BCUT2D eigenvalue weighted by molar-refractivity contribution is 9.11. The molecule has 0 saturated heterocycles. The molecule has 4 nitrogen and oxygen atoms in total. The highest BCUT2D eigenvalue weighted by Crippen LogP contribution is 2.35. The molecule has 0 radical (unpaired) electrons. The van der Waals surface area contributed by atoms with Gasteiger partial charge in [-0.15, -0.1) is 0 Å². The van der Waals surface area contributed by atoms with Crippen molar-refractivity contribution in [3.8, 4) is 11.8 Å². The average molecular weight is 581 g/mol. The van der Waals surface area contributed by atoms with Crippen LogP contribution in [0.4, 0.5) is 5.69 Å². The Morgan fingerprint density at radius 1 is 1.06 bits per heavy atom. The molecular weight excluding hydrogens is 567 g/mol. The lowest BCUT2D eigenvalue weighted by atomic mass is 10.1. The normalized spacial score (nSPS) is 11.0. The maximum atomic E-state index is 12.6. The quantitative estimate of drug-likeness (QED) is 0.241. The summed E-state index contributed by atoms with van der Waals surface area (Å²) in [6.45, 7) is 0.287. The summed E-state index contributed by atoms with van der Waals surface area (Å²) in [4.78, 5) is 12.6. The molecule has 156 valence electrons. The summed E-state index contributed by atoms with van der Waals surface area (Å²) in [6.07, 6.45) is 1.48. The molecule has 3 aromatic rings. The molecule has 1 amide bonds. The van der Waals surface area contributed by atoms with Gasteiger partial charge in [0, 0.05) is 25.8 Å². The molecule has 0 fully saturated rings. The Morgan fingerprint density at radius 2 is 1.81 bits per heavy atom. The van der Waals surface area contributed by atoms with Crippen LogP contribution in [0.2, 0.25) is 10.0 Å². The van der Waals surface area contributed by atoms with Crippen LogP contribution in [0.3, 0.4) is 0 Å². The van der Waals surface area contributed by atoms with Crippen molar-refractivity contribution in [1.82, 2.24) is 0 Å². The predicted molar refractivity (Wildman–Crippen MR) is 131 cm³/mol. The first kappa shape index (κ1) is 23.4. The molecule has 0 heterocycles. The maximum absolute atomic E-state index is 12.6. The van der Waals surface area contributed by atoms with Crippen LogP contribution in [0.1, 0.15) is 11.1 Å². The fraction of sp³-hybridized carbons (Fsp3) is 0.0435. The first-order valence-corrected chi connectivity index (χ1v) is 11.2. The van der Waals surface area contributed by atoms with Crippen LogP contribution in [-0.4, -0.2) is 5.91 Å². The van der Waals surface area contributed by atoms with E-state index in [1.54, 1.807) is 42.5 Å². The van der Waals surface area contributed by atoms with E-state index >= 15 is 0 Å². The summed E-state index contributed by atoms with van der Waals surface area (Å²) in [7, 11) is 0. The minimum absolute atomic E-state index is 0.0821. The minimum atomic E-state index is -0.551. The summed E-state index contributed by atoms with van der Waals surface area (Å²) in [5.41, 5.74) is 1.90. The predicted octanol–water partition coefficient (Wildman–Crippen LogP) is 7.64. The largest absolute Gasteiger partial charge is 0.487 e. The van der Waals surface area contributed by atoms with E-state index in [-0.39, 0.29) is 12.2 Å². The Hall–Kier alpha value is -2.30. The molecule has 0 saturated carbocycles. The molecular formula is C23H14Br2Cl2N2O2. The van der Waals surface area contributed by atoms with Crippen molar-refractivity contribution in [3.05, 3.63) is 96.4 Å². The molecule has 0 aliphatic rings. The van der Waals surface area contributed by atoms with Crippen molar-refractivity contribution in [2.24, 2.45) is 0 Å². The number of ether oxygens (including phenoxy) is 1. The van der Waals surface area contributed by atoms with Gasteiger partial charge in [0.2, 0.25) is 0 Å². The van der Waals surface area contributed by atoms with Gasteiger partial charge < -0.3 is 10.1 Å².